The Morgan fingerprint density at radius 2 is 2.30 bits per heavy atom. The molecule has 1 aliphatic rings. The van der Waals surface area contributed by atoms with Gasteiger partial charge in [-0.25, -0.2) is 0 Å². The molecule has 1 N–H and O–H groups in total. The Morgan fingerprint density at radius 3 is 2.80 bits per heavy atom. The summed E-state index contributed by atoms with van der Waals surface area (Å²) >= 11 is 3.69. The summed E-state index contributed by atoms with van der Waals surface area (Å²) in [6.45, 7) is 9.40. The number of halogens is 1. The van der Waals surface area contributed by atoms with E-state index in [0.717, 1.165) is 42.7 Å². The molecule has 0 saturated carbocycles. The Kier molecular flexibility index (Phi) is 5.26. The molecule has 1 fully saturated rings. The number of nitrogens with one attached hydrogen (secondary N) is 1. The van der Waals surface area contributed by atoms with Crippen LogP contribution in [0, 0.1) is 12.3 Å². The summed E-state index contributed by atoms with van der Waals surface area (Å²) in [5, 5.41) is 8.10. The predicted molar refractivity (Wildman–Crippen MR) is 85.0 cm³/mol. The SMILES string of the molecule is CCCNCC1(Cc2c(Br)c(C)nn2C)CCOC1C. The summed E-state index contributed by atoms with van der Waals surface area (Å²) in [6.07, 6.45) is 3.57. The largest absolute Gasteiger partial charge is 0.378 e. The van der Waals surface area contributed by atoms with Gasteiger partial charge in [0.2, 0.25) is 0 Å². The first-order chi connectivity index (χ1) is 9.50. The second-order valence-corrected chi connectivity index (χ2v) is 6.74. The highest BCUT2D eigenvalue weighted by atomic mass is 79.9. The van der Waals surface area contributed by atoms with Gasteiger partial charge in [0.25, 0.3) is 0 Å². The van der Waals surface area contributed by atoms with E-state index in [2.05, 4.69) is 40.2 Å². The Balaban J connectivity index is 2.19. The molecule has 5 heteroatoms. The van der Waals surface area contributed by atoms with Crippen LogP contribution in [-0.2, 0) is 18.2 Å². The lowest BCUT2D eigenvalue weighted by molar-refractivity contribution is 0.0621. The second-order valence-electron chi connectivity index (χ2n) is 5.95. The fraction of sp³-hybridized carbons (Fsp3) is 0.800. The highest BCUT2D eigenvalue weighted by Crippen LogP contribution is 2.39. The minimum Gasteiger partial charge on any atom is -0.378 e. The van der Waals surface area contributed by atoms with E-state index in [0.29, 0.717) is 0 Å². The molecule has 0 spiro atoms. The van der Waals surface area contributed by atoms with Gasteiger partial charge in [0.15, 0.2) is 0 Å². The lowest BCUT2D eigenvalue weighted by atomic mass is 9.77. The van der Waals surface area contributed by atoms with E-state index in [1.807, 2.05) is 18.7 Å². The fourth-order valence-electron chi connectivity index (χ4n) is 3.07. The van der Waals surface area contributed by atoms with Crippen LogP contribution in [0.1, 0.15) is 38.1 Å². The van der Waals surface area contributed by atoms with E-state index in [1.165, 1.54) is 12.1 Å². The van der Waals surface area contributed by atoms with Crippen LogP contribution in [0.2, 0.25) is 0 Å². The molecule has 114 valence electrons. The van der Waals surface area contributed by atoms with E-state index in [9.17, 15) is 0 Å². The topological polar surface area (TPSA) is 39.1 Å². The number of rotatable bonds is 6. The zero-order valence-electron chi connectivity index (χ0n) is 13.0. The van der Waals surface area contributed by atoms with E-state index in [-0.39, 0.29) is 11.5 Å². The van der Waals surface area contributed by atoms with Crippen molar-refractivity contribution < 1.29 is 4.74 Å². The van der Waals surface area contributed by atoms with Crippen molar-refractivity contribution in [3.8, 4) is 0 Å². The Labute approximate surface area is 130 Å². The second kappa shape index (κ2) is 6.58. The van der Waals surface area contributed by atoms with Gasteiger partial charge in [-0.1, -0.05) is 6.92 Å². The number of nitrogens with zero attached hydrogens (tertiary/aromatic N) is 2. The van der Waals surface area contributed by atoms with Crippen LogP contribution in [0.3, 0.4) is 0 Å². The molecule has 0 aliphatic carbocycles. The highest BCUT2D eigenvalue weighted by molar-refractivity contribution is 9.10. The van der Waals surface area contributed by atoms with Crippen molar-refractivity contribution in [2.24, 2.45) is 12.5 Å². The summed E-state index contributed by atoms with van der Waals surface area (Å²) in [6, 6.07) is 0. The van der Waals surface area contributed by atoms with Crippen molar-refractivity contribution in [2.75, 3.05) is 19.7 Å². The van der Waals surface area contributed by atoms with E-state index < -0.39 is 0 Å². The van der Waals surface area contributed by atoms with Gasteiger partial charge < -0.3 is 10.1 Å². The maximum absolute atomic E-state index is 5.87. The van der Waals surface area contributed by atoms with Crippen molar-refractivity contribution in [1.29, 1.82) is 0 Å². The van der Waals surface area contributed by atoms with E-state index >= 15 is 0 Å². The summed E-state index contributed by atoms with van der Waals surface area (Å²) in [5.74, 6) is 0. The molecule has 20 heavy (non-hydrogen) atoms. The van der Waals surface area contributed by atoms with Gasteiger partial charge in [-0.2, -0.15) is 5.10 Å². The zero-order chi connectivity index (χ0) is 14.8. The maximum atomic E-state index is 5.87. The van der Waals surface area contributed by atoms with Crippen molar-refractivity contribution >= 4 is 15.9 Å². The summed E-state index contributed by atoms with van der Waals surface area (Å²) in [5.41, 5.74) is 2.52. The van der Waals surface area contributed by atoms with Gasteiger partial charge in [0.05, 0.1) is 22.0 Å². The Hall–Kier alpha value is -0.390. The highest BCUT2D eigenvalue weighted by Gasteiger charge is 2.42. The summed E-state index contributed by atoms with van der Waals surface area (Å²) in [4.78, 5) is 0. The smallest absolute Gasteiger partial charge is 0.0738 e. The third kappa shape index (κ3) is 3.10. The average Bonchev–Trinajstić information content (AvgIpc) is 2.87. The first kappa shape index (κ1) is 16.0. The van der Waals surface area contributed by atoms with Gasteiger partial charge in [-0.05, 0) is 55.6 Å². The molecule has 2 heterocycles. The molecular weight excluding hydrogens is 318 g/mol. The summed E-state index contributed by atoms with van der Waals surface area (Å²) < 4.78 is 9.03. The minimum atomic E-state index is 0.178. The number of aryl methyl sites for hydroxylation is 2. The minimum absolute atomic E-state index is 0.178. The number of hydrogen-bond acceptors (Lipinski definition) is 3. The fourth-order valence-corrected chi connectivity index (χ4v) is 3.54. The van der Waals surface area contributed by atoms with E-state index in [4.69, 9.17) is 4.74 Å². The first-order valence-electron chi connectivity index (χ1n) is 7.50. The molecule has 2 atom stereocenters. The Morgan fingerprint density at radius 1 is 1.55 bits per heavy atom. The number of hydrogen-bond donors (Lipinski definition) is 1. The van der Waals surface area contributed by atoms with Crippen LogP contribution in [-0.4, -0.2) is 35.6 Å². The van der Waals surface area contributed by atoms with Crippen molar-refractivity contribution in [2.45, 2.75) is 46.1 Å². The quantitative estimate of drug-likeness (QED) is 0.807. The standard InChI is InChI=1S/C15H26BrN3O/c1-5-7-17-10-15(6-8-20-12(15)3)9-13-14(16)11(2)18-19(13)4/h12,17H,5-10H2,1-4H3. The van der Waals surface area contributed by atoms with Gasteiger partial charge in [0, 0.05) is 25.6 Å². The number of aromatic nitrogens is 2. The predicted octanol–water partition coefficient (Wildman–Crippen LogP) is 2.83. The van der Waals surface area contributed by atoms with Gasteiger partial charge in [-0.15, -0.1) is 0 Å². The number of ether oxygens (including phenoxy) is 1. The lowest BCUT2D eigenvalue weighted by Gasteiger charge is -2.33. The molecule has 4 nitrogen and oxygen atoms in total. The molecule has 1 aliphatic heterocycles. The first-order valence-corrected chi connectivity index (χ1v) is 8.30. The molecule has 0 bridgehead atoms. The van der Waals surface area contributed by atoms with Crippen LogP contribution < -0.4 is 5.32 Å². The normalized spacial score (nSPS) is 26.4. The molecule has 2 rings (SSSR count). The average molecular weight is 344 g/mol. The lowest BCUT2D eigenvalue weighted by Crippen LogP contribution is -2.42. The molecule has 0 radical (unpaired) electrons. The third-order valence-electron chi connectivity index (χ3n) is 4.52. The van der Waals surface area contributed by atoms with Gasteiger partial charge in [0.1, 0.15) is 0 Å². The van der Waals surface area contributed by atoms with Crippen molar-refractivity contribution in [1.82, 2.24) is 15.1 Å². The molecule has 0 amide bonds. The monoisotopic (exact) mass is 343 g/mol. The van der Waals surface area contributed by atoms with Crippen molar-refractivity contribution in [3.63, 3.8) is 0 Å². The van der Waals surface area contributed by atoms with Crippen LogP contribution in [0.5, 0.6) is 0 Å². The molecule has 1 saturated heterocycles. The summed E-state index contributed by atoms with van der Waals surface area (Å²) in [7, 11) is 2.03. The van der Waals surface area contributed by atoms with Crippen LogP contribution >= 0.6 is 15.9 Å². The van der Waals surface area contributed by atoms with Crippen LogP contribution in [0.15, 0.2) is 4.47 Å². The van der Waals surface area contributed by atoms with Crippen molar-refractivity contribution in [3.05, 3.63) is 15.9 Å². The molecule has 1 aromatic heterocycles. The maximum Gasteiger partial charge on any atom is 0.0738 e. The zero-order valence-corrected chi connectivity index (χ0v) is 14.6. The van der Waals surface area contributed by atoms with E-state index in [1.54, 1.807) is 0 Å². The van der Waals surface area contributed by atoms with Gasteiger partial charge in [-0.3, -0.25) is 4.68 Å². The molecular formula is C15H26BrN3O. The third-order valence-corrected chi connectivity index (χ3v) is 5.55. The van der Waals surface area contributed by atoms with Gasteiger partial charge >= 0.3 is 0 Å². The molecule has 1 aromatic rings. The van der Waals surface area contributed by atoms with Crippen LogP contribution in [0.4, 0.5) is 0 Å². The Bertz CT molecular complexity index is 460. The molecule has 0 aromatic carbocycles. The molecule has 2 unspecified atom stereocenters. The van der Waals surface area contributed by atoms with Crippen LogP contribution in [0.25, 0.3) is 0 Å².